The van der Waals surface area contributed by atoms with E-state index in [1.165, 1.54) is 31.4 Å². The number of nitriles is 1. The zero-order chi connectivity index (χ0) is 21.9. The standard InChI is InChI=1S/C21H30FN3O4/c1-21(2,28-3)20(27)25-18(7-5-4-6-16(24)12-13-23)19(26)14-29-17-10-8-15(22)9-11-17/h8-11,18-19,24,26H,4-7,12,14H2,1-3H3,(H,25,27)/t18-,19?/m0/s1. The quantitative estimate of drug-likeness (QED) is 0.343. The van der Waals surface area contributed by atoms with Crippen molar-refractivity contribution in [1.82, 2.24) is 5.32 Å². The minimum atomic E-state index is -1.05. The Labute approximate surface area is 171 Å². The van der Waals surface area contributed by atoms with E-state index in [-0.39, 0.29) is 24.8 Å². The third-order valence-corrected chi connectivity index (χ3v) is 4.61. The van der Waals surface area contributed by atoms with Gasteiger partial charge in [-0.2, -0.15) is 5.26 Å². The Hall–Kier alpha value is -2.50. The summed E-state index contributed by atoms with van der Waals surface area (Å²) in [6, 6.07) is 6.81. The van der Waals surface area contributed by atoms with Crippen LogP contribution in [0.4, 0.5) is 4.39 Å². The minimum Gasteiger partial charge on any atom is -0.491 e. The molecule has 0 fully saturated rings. The summed E-state index contributed by atoms with van der Waals surface area (Å²) >= 11 is 0. The van der Waals surface area contributed by atoms with Crippen LogP contribution in [0.5, 0.6) is 5.75 Å². The lowest BCUT2D eigenvalue weighted by molar-refractivity contribution is -0.141. The summed E-state index contributed by atoms with van der Waals surface area (Å²) in [6.45, 7) is 3.18. The summed E-state index contributed by atoms with van der Waals surface area (Å²) in [5.74, 6) is -0.326. The number of hydrogen-bond donors (Lipinski definition) is 3. The van der Waals surface area contributed by atoms with Crippen molar-refractivity contribution < 1.29 is 23.8 Å². The maximum absolute atomic E-state index is 13.0. The first-order chi connectivity index (χ1) is 13.7. The largest absolute Gasteiger partial charge is 0.491 e. The smallest absolute Gasteiger partial charge is 0.251 e. The van der Waals surface area contributed by atoms with E-state index in [1.54, 1.807) is 13.8 Å². The number of nitrogens with one attached hydrogen (secondary N) is 2. The topological polar surface area (TPSA) is 115 Å². The maximum Gasteiger partial charge on any atom is 0.251 e. The average molecular weight is 407 g/mol. The van der Waals surface area contributed by atoms with Gasteiger partial charge in [0.15, 0.2) is 0 Å². The van der Waals surface area contributed by atoms with Gasteiger partial charge in [-0.3, -0.25) is 4.79 Å². The van der Waals surface area contributed by atoms with Gasteiger partial charge in [-0.05, 0) is 57.4 Å². The van der Waals surface area contributed by atoms with Gasteiger partial charge in [-0.25, -0.2) is 4.39 Å². The number of amides is 1. The molecule has 0 aliphatic rings. The van der Waals surface area contributed by atoms with Gasteiger partial charge < -0.3 is 25.3 Å². The van der Waals surface area contributed by atoms with Crippen LogP contribution in [-0.2, 0) is 9.53 Å². The number of aliphatic hydroxyl groups is 1. The Morgan fingerprint density at radius 2 is 2.00 bits per heavy atom. The number of hydrogen-bond acceptors (Lipinski definition) is 6. The maximum atomic E-state index is 13.0. The van der Waals surface area contributed by atoms with Gasteiger partial charge in [0.05, 0.1) is 18.5 Å². The third kappa shape index (κ3) is 9.03. The molecule has 0 heterocycles. The predicted octanol–water partition coefficient (Wildman–Crippen LogP) is 2.97. The Kier molecular flexibility index (Phi) is 10.3. The molecule has 1 rings (SSSR count). The molecule has 7 nitrogen and oxygen atoms in total. The summed E-state index contributed by atoms with van der Waals surface area (Å²) in [6.07, 6.45) is 1.41. The number of rotatable bonds is 13. The number of benzene rings is 1. The van der Waals surface area contributed by atoms with Crippen molar-refractivity contribution in [2.75, 3.05) is 13.7 Å². The first-order valence-corrected chi connectivity index (χ1v) is 9.55. The molecule has 0 radical (unpaired) electrons. The van der Waals surface area contributed by atoms with Crippen LogP contribution in [0.2, 0.25) is 0 Å². The van der Waals surface area contributed by atoms with E-state index >= 15 is 0 Å². The number of unbranched alkanes of at least 4 members (excludes halogenated alkanes) is 1. The van der Waals surface area contributed by atoms with E-state index in [0.29, 0.717) is 37.1 Å². The molecule has 0 saturated heterocycles. The molecule has 0 aromatic heterocycles. The summed E-state index contributed by atoms with van der Waals surface area (Å²) in [5.41, 5.74) is -0.682. The fourth-order valence-corrected chi connectivity index (χ4v) is 2.51. The van der Waals surface area contributed by atoms with E-state index in [0.717, 1.165) is 0 Å². The van der Waals surface area contributed by atoms with Gasteiger partial charge in [-0.15, -0.1) is 0 Å². The Bertz CT molecular complexity index is 701. The highest BCUT2D eigenvalue weighted by molar-refractivity contribution is 5.84. The molecule has 0 saturated carbocycles. The second kappa shape index (κ2) is 12.1. The molecule has 8 heteroatoms. The van der Waals surface area contributed by atoms with Crippen LogP contribution >= 0.6 is 0 Å². The lowest BCUT2D eigenvalue weighted by atomic mass is 10.00. The number of ether oxygens (including phenoxy) is 2. The van der Waals surface area contributed by atoms with Crippen LogP contribution in [-0.4, -0.2) is 48.2 Å². The molecule has 160 valence electrons. The highest BCUT2D eigenvalue weighted by Crippen LogP contribution is 2.15. The SMILES string of the molecule is COC(C)(C)C(=O)N[C@@H](CCCCC(=N)CC#N)C(O)COc1ccc(F)cc1. The molecular weight excluding hydrogens is 377 g/mol. The average Bonchev–Trinajstić information content (AvgIpc) is 2.69. The third-order valence-electron chi connectivity index (χ3n) is 4.61. The molecule has 1 unspecified atom stereocenters. The fraction of sp³-hybridized carbons (Fsp3) is 0.571. The zero-order valence-corrected chi connectivity index (χ0v) is 17.2. The highest BCUT2D eigenvalue weighted by atomic mass is 19.1. The van der Waals surface area contributed by atoms with Gasteiger partial charge in [0.2, 0.25) is 0 Å². The van der Waals surface area contributed by atoms with Gasteiger partial charge in [0, 0.05) is 12.8 Å². The number of methoxy groups -OCH3 is 1. The van der Waals surface area contributed by atoms with Crippen molar-refractivity contribution in [3.05, 3.63) is 30.1 Å². The molecular formula is C21H30FN3O4. The lowest BCUT2D eigenvalue weighted by Crippen LogP contribution is -2.52. The number of nitrogens with zero attached hydrogens (tertiary/aromatic N) is 1. The molecule has 1 aromatic carbocycles. The second-order valence-electron chi connectivity index (χ2n) is 7.31. The van der Waals surface area contributed by atoms with Crippen LogP contribution in [0.3, 0.4) is 0 Å². The van der Waals surface area contributed by atoms with Crippen LogP contribution in [0.15, 0.2) is 24.3 Å². The monoisotopic (exact) mass is 407 g/mol. The molecule has 0 aliphatic heterocycles. The molecule has 0 spiro atoms. The van der Waals surface area contributed by atoms with Gasteiger partial charge in [-0.1, -0.05) is 6.42 Å². The van der Waals surface area contributed by atoms with Crippen molar-refractivity contribution in [2.24, 2.45) is 0 Å². The van der Waals surface area contributed by atoms with Crippen LogP contribution in [0.25, 0.3) is 0 Å². The zero-order valence-electron chi connectivity index (χ0n) is 17.2. The molecule has 1 aromatic rings. The van der Waals surface area contributed by atoms with Crippen LogP contribution in [0.1, 0.15) is 46.0 Å². The summed E-state index contributed by atoms with van der Waals surface area (Å²) in [4.78, 5) is 12.4. The summed E-state index contributed by atoms with van der Waals surface area (Å²) in [5, 5.41) is 29.6. The van der Waals surface area contributed by atoms with Crippen molar-refractivity contribution in [2.45, 2.75) is 63.7 Å². The van der Waals surface area contributed by atoms with Crippen LogP contribution < -0.4 is 10.1 Å². The van der Waals surface area contributed by atoms with Crippen molar-refractivity contribution in [3.63, 3.8) is 0 Å². The Morgan fingerprint density at radius 1 is 1.34 bits per heavy atom. The van der Waals surface area contributed by atoms with E-state index in [2.05, 4.69) is 5.32 Å². The number of carbonyl (C=O) groups is 1. The van der Waals surface area contributed by atoms with Gasteiger partial charge >= 0.3 is 0 Å². The number of halogens is 1. The van der Waals surface area contributed by atoms with E-state index in [1.807, 2.05) is 6.07 Å². The van der Waals surface area contributed by atoms with Crippen molar-refractivity contribution >= 4 is 11.6 Å². The van der Waals surface area contributed by atoms with Gasteiger partial charge in [0.25, 0.3) is 5.91 Å². The predicted molar refractivity (Wildman–Crippen MR) is 107 cm³/mol. The Morgan fingerprint density at radius 3 is 2.59 bits per heavy atom. The van der Waals surface area contributed by atoms with Crippen molar-refractivity contribution in [1.29, 1.82) is 10.7 Å². The van der Waals surface area contributed by atoms with E-state index in [9.17, 15) is 14.3 Å². The normalized spacial score (nSPS) is 13.2. The fourth-order valence-electron chi connectivity index (χ4n) is 2.51. The summed E-state index contributed by atoms with van der Waals surface area (Å²) < 4.78 is 23.7. The second-order valence-corrected chi connectivity index (χ2v) is 7.31. The van der Waals surface area contributed by atoms with E-state index in [4.69, 9.17) is 20.1 Å². The lowest BCUT2D eigenvalue weighted by Gasteiger charge is -2.29. The number of carbonyl (C=O) groups excluding carboxylic acids is 1. The Balaban J connectivity index is 2.66. The number of aliphatic hydroxyl groups excluding tert-OH is 1. The first-order valence-electron chi connectivity index (χ1n) is 9.55. The first kappa shape index (κ1) is 24.5. The highest BCUT2D eigenvalue weighted by Gasteiger charge is 2.31. The van der Waals surface area contributed by atoms with E-state index < -0.39 is 17.7 Å². The molecule has 29 heavy (non-hydrogen) atoms. The van der Waals surface area contributed by atoms with Crippen molar-refractivity contribution in [3.8, 4) is 11.8 Å². The molecule has 0 bridgehead atoms. The van der Waals surface area contributed by atoms with Crippen LogP contribution in [0, 0.1) is 22.6 Å². The minimum absolute atomic E-state index is 0.0752. The summed E-state index contributed by atoms with van der Waals surface area (Å²) in [7, 11) is 1.43. The molecule has 1 amide bonds. The molecule has 2 atom stereocenters. The molecule has 3 N–H and O–H groups in total. The van der Waals surface area contributed by atoms with Gasteiger partial charge in [0.1, 0.15) is 29.9 Å². The molecule has 0 aliphatic carbocycles.